The molecule has 0 aliphatic carbocycles. The van der Waals surface area contributed by atoms with Crippen LogP contribution in [-0.4, -0.2) is 24.0 Å². The first-order chi connectivity index (χ1) is 10.2. The van der Waals surface area contributed by atoms with E-state index in [-0.39, 0.29) is 5.91 Å². The summed E-state index contributed by atoms with van der Waals surface area (Å²) in [6.45, 7) is 4.35. The molecule has 0 spiro atoms. The fraction of sp³-hybridized carbons (Fsp3) is 0.471. The Kier molecular flexibility index (Phi) is 4.25. The number of amides is 1. The molecule has 1 aromatic carbocycles. The van der Waals surface area contributed by atoms with Crippen molar-refractivity contribution in [2.24, 2.45) is 11.8 Å². The number of anilines is 1. The lowest BCUT2D eigenvalue weighted by Gasteiger charge is -2.28. The molecule has 1 amide bonds. The number of hydrogen-bond acceptors (Lipinski definition) is 2. The lowest BCUT2D eigenvalue weighted by atomic mass is 9.85. The van der Waals surface area contributed by atoms with Gasteiger partial charge in [0.2, 0.25) is 5.91 Å². The van der Waals surface area contributed by atoms with Crippen LogP contribution in [0.3, 0.4) is 0 Å². The number of aromatic amines is 1. The maximum absolute atomic E-state index is 12.3. The van der Waals surface area contributed by atoms with Crippen molar-refractivity contribution in [3.8, 4) is 0 Å². The van der Waals surface area contributed by atoms with Crippen molar-refractivity contribution in [1.82, 2.24) is 10.3 Å². The number of benzene rings is 1. The minimum Gasteiger partial charge on any atom is -0.361 e. The molecule has 2 aromatic rings. The second-order valence-corrected chi connectivity index (χ2v) is 6.08. The van der Waals surface area contributed by atoms with Gasteiger partial charge in [-0.1, -0.05) is 13.0 Å². The summed E-state index contributed by atoms with van der Waals surface area (Å²) in [4.78, 5) is 15.5. The van der Waals surface area contributed by atoms with Crippen molar-refractivity contribution in [2.75, 3.05) is 18.4 Å². The average Bonchev–Trinajstić information content (AvgIpc) is 2.97. The van der Waals surface area contributed by atoms with E-state index in [1.54, 1.807) is 0 Å². The molecule has 1 aliphatic rings. The first kappa shape index (κ1) is 14.1. The third-order valence-electron chi connectivity index (χ3n) is 4.52. The van der Waals surface area contributed by atoms with Crippen LogP contribution in [0.15, 0.2) is 30.5 Å². The number of rotatable bonds is 4. The molecule has 4 heteroatoms. The van der Waals surface area contributed by atoms with Crippen molar-refractivity contribution in [2.45, 2.75) is 26.2 Å². The Bertz CT molecular complexity index is 613. The zero-order valence-electron chi connectivity index (χ0n) is 12.5. The molecule has 4 nitrogen and oxygen atoms in total. The number of hydrogen-bond donors (Lipinski definition) is 3. The highest BCUT2D eigenvalue weighted by Gasteiger charge is 2.22. The number of carbonyl (C=O) groups excluding carboxylic acids is 1. The number of carbonyl (C=O) groups is 1. The normalized spacial score (nSPS) is 20.3. The second-order valence-electron chi connectivity index (χ2n) is 6.08. The Balaban J connectivity index is 1.62. The van der Waals surface area contributed by atoms with Crippen LogP contribution in [0.1, 0.15) is 26.2 Å². The zero-order chi connectivity index (χ0) is 14.7. The summed E-state index contributed by atoms with van der Waals surface area (Å²) in [5, 5.41) is 7.55. The van der Waals surface area contributed by atoms with Gasteiger partial charge >= 0.3 is 0 Å². The summed E-state index contributed by atoms with van der Waals surface area (Å²) in [5.74, 6) is 1.15. The third kappa shape index (κ3) is 3.27. The molecule has 112 valence electrons. The predicted octanol–water partition coefficient (Wildman–Crippen LogP) is 3.13. The molecule has 2 unspecified atom stereocenters. The van der Waals surface area contributed by atoms with Crippen LogP contribution in [0.2, 0.25) is 0 Å². The highest BCUT2D eigenvalue weighted by atomic mass is 16.1. The zero-order valence-corrected chi connectivity index (χ0v) is 12.5. The van der Waals surface area contributed by atoms with E-state index in [4.69, 9.17) is 0 Å². The molecule has 0 bridgehead atoms. The molecule has 3 rings (SSSR count). The first-order valence-electron chi connectivity index (χ1n) is 7.80. The topological polar surface area (TPSA) is 56.9 Å². The Morgan fingerprint density at radius 1 is 1.43 bits per heavy atom. The van der Waals surface area contributed by atoms with Crippen LogP contribution in [0.5, 0.6) is 0 Å². The summed E-state index contributed by atoms with van der Waals surface area (Å²) >= 11 is 0. The largest absolute Gasteiger partial charge is 0.361 e. The lowest BCUT2D eigenvalue weighted by molar-refractivity contribution is -0.117. The highest BCUT2D eigenvalue weighted by Crippen LogP contribution is 2.25. The Morgan fingerprint density at radius 3 is 3.14 bits per heavy atom. The second kappa shape index (κ2) is 6.31. The van der Waals surface area contributed by atoms with Crippen molar-refractivity contribution >= 4 is 22.5 Å². The number of piperidine rings is 1. The summed E-state index contributed by atoms with van der Waals surface area (Å²) in [7, 11) is 0. The van der Waals surface area contributed by atoms with Gasteiger partial charge in [0, 0.05) is 23.5 Å². The van der Waals surface area contributed by atoms with Crippen LogP contribution in [0, 0.1) is 11.8 Å². The maximum Gasteiger partial charge on any atom is 0.224 e. The van der Waals surface area contributed by atoms with Gasteiger partial charge in [-0.05, 0) is 56.0 Å². The molecule has 1 aliphatic heterocycles. The molecule has 3 N–H and O–H groups in total. The Morgan fingerprint density at radius 2 is 2.33 bits per heavy atom. The van der Waals surface area contributed by atoms with Crippen molar-refractivity contribution < 1.29 is 4.79 Å². The van der Waals surface area contributed by atoms with Gasteiger partial charge in [-0.3, -0.25) is 4.79 Å². The monoisotopic (exact) mass is 285 g/mol. The van der Waals surface area contributed by atoms with E-state index < -0.39 is 0 Å². The SMILES string of the molecule is CC(CC(=O)Nc1cccc2[nH]ccc12)C1CCCNC1. The van der Waals surface area contributed by atoms with E-state index in [1.807, 2.05) is 30.5 Å². The number of H-pyrrole nitrogens is 1. The van der Waals surface area contributed by atoms with Crippen molar-refractivity contribution in [1.29, 1.82) is 0 Å². The van der Waals surface area contributed by atoms with Crippen LogP contribution >= 0.6 is 0 Å². The van der Waals surface area contributed by atoms with Gasteiger partial charge in [0.1, 0.15) is 0 Å². The van der Waals surface area contributed by atoms with Gasteiger partial charge in [0.15, 0.2) is 0 Å². The van der Waals surface area contributed by atoms with Crippen LogP contribution in [-0.2, 0) is 4.79 Å². The van der Waals surface area contributed by atoms with Gasteiger partial charge in [0.25, 0.3) is 0 Å². The first-order valence-corrected chi connectivity index (χ1v) is 7.80. The lowest BCUT2D eigenvalue weighted by Crippen LogP contribution is -2.34. The van der Waals surface area contributed by atoms with E-state index in [0.29, 0.717) is 18.3 Å². The van der Waals surface area contributed by atoms with Gasteiger partial charge in [-0.2, -0.15) is 0 Å². The summed E-state index contributed by atoms with van der Waals surface area (Å²) in [6, 6.07) is 7.94. The molecule has 0 saturated carbocycles. The average molecular weight is 285 g/mol. The van der Waals surface area contributed by atoms with Gasteiger partial charge in [-0.15, -0.1) is 0 Å². The van der Waals surface area contributed by atoms with Crippen LogP contribution in [0.4, 0.5) is 5.69 Å². The van der Waals surface area contributed by atoms with E-state index in [0.717, 1.165) is 29.7 Å². The maximum atomic E-state index is 12.3. The number of fused-ring (bicyclic) bond motifs is 1. The minimum atomic E-state index is 0.113. The molecule has 0 radical (unpaired) electrons. The van der Waals surface area contributed by atoms with Gasteiger partial charge in [-0.25, -0.2) is 0 Å². The summed E-state index contributed by atoms with van der Waals surface area (Å²) in [6.07, 6.45) is 4.94. The molecule has 1 saturated heterocycles. The third-order valence-corrected chi connectivity index (χ3v) is 4.52. The molecule has 1 aromatic heterocycles. The van der Waals surface area contributed by atoms with E-state index in [1.165, 1.54) is 12.8 Å². The van der Waals surface area contributed by atoms with Gasteiger partial charge in [0.05, 0.1) is 5.69 Å². The summed E-state index contributed by atoms with van der Waals surface area (Å²) < 4.78 is 0. The standard InChI is InChI=1S/C17H23N3O/c1-12(13-4-3-8-18-11-13)10-17(21)20-16-6-2-5-15-14(16)7-9-19-15/h2,5-7,9,12-13,18-19H,3-4,8,10-11H2,1H3,(H,20,21). The van der Waals surface area contributed by atoms with Gasteiger partial charge < -0.3 is 15.6 Å². The number of nitrogens with one attached hydrogen (secondary N) is 3. The molecule has 2 atom stereocenters. The fourth-order valence-corrected chi connectivity index (χ4v) is 3.22. The molecular weight excluding hydrogens is 262 g/mol. The minimum absolute atomic E-state index is 0.113. The Labute approximate surface area is 125 Å². The van der Waals surface area contributed by atoms with E-state index in [9.17, 15) is 4.79 Å². The predicted molar refractivity (Wildman–Crippen MR) is 86.3 cm³/mol. The fourth-order valence-electron chi connectivity index (χ4n) is 3.22. The summed E-state index contributed by atoms with van der Waals surface area (Å²) in [5.41, 5.74) is 1.95. The molecule has 21 heavy (non-hydrogen) atoms. The number of aromatic nitrogens is 1. The quantitative estimate of drug-likeness (QED) is 0.808. The highest BCUT2D eigenvalue weighted by molar-refractivity contribution is 6.01. The van der Waals surface area contributed by atoms with E-state index >= 15 is 0 Å². The van der Waals surface area contributed by atoms with Crippen molar-refractivity contribution in [3.05, 3.63) is 30.5 Å². The Hall–Kier alpha value is -1.81. The van der Waals surface area contributed by atoms with Crippen LogP contribution in [0.25, 0.3) is 10.9 Å². The smallest absolute Gasteiger partial charge is 0.224 e. The van der Waals surface area contributed by atoms with Crippen LogP contribution < -0.4 is 10.6 Å². The molecular formula is C17H23N3O. The molecule has 1 fully saturated rings. The van der Waals surface area contributed by atoms with Crippen molar-refractivity contribution in [3.63, 3.8) is 0 Å². The molecule has 2 heterocycles. The van der Waals surface area contributed by atoms with E-state index in [2.05, 4.69) is 22.5 Å².